The zero-order valence-electron chi connectivity index (χ0n) is 12.7. The first-order chi connectivity index (χ1) is 10.8. The highest BCUT2D eigenvalue weighted by Gasteiger charge is 2.25. The van der Waals surface area contributed by atoms with Gasteiger partial charge in [0, 0.05) is 12.5 Å². The Balaban J connectivity index is 2.02. The maximum absolute atomic E-state index is 5.73. The third-order valence-corrected chi connectivity index (χ3v) is 5.32. The van der Waals surface area contributed by atoms with Crippen molar-refractivity contribution >= 4 is 32.6 Å². The van der Waals surface area contributed by atoms with E-state index in [4.69, 9.17) is 9.72 Å². The van der Waals surface area contributed by atoms with Gasteiger partial charge >= 0.3 is 0 Å². The lowest BCUT2D eigenvalue weighted by atomic mass is 10.1. The topological polar surface area (TPSA) is 39.9 Å². The van der Waals surface area contributed by atoms with Gasteiger partial charge in [0.1, 0.15) is 11.3 Å². The van der Waals surface area contributed by atoms with E-state index in [0.29, 0.717) is 6.04 Å². The number of fused-ring (bicyclic) bond motifs is 3. The van der Waals surface area contributed by atoms with Gasteiger partial charge in [-0.25, -0.2) is 4.98 Å². The molecule has 0 amide bonds. The normalized spacial score (nSPS) is 20.5. The fourth-order valence-electron chi connectivity index (χ4n) is 3.22. The van der Waals surface area contributed by atoms with Crippen molar-refractivity contribution in [3.05, 3.63) is 36.1 Å². The van der Waals surface area contributed by atoms with Crippen LogP contribution < -0.4 is 0 Å². The van der Waals surface area contributed by atoms with Crippen LogP contribution in [0.2, 0.25) is 0 Å². The summed E-state index contributed by atoms with van der Waals surface area (Å²) in [5.41, 5.74) is 3.23. The lowest BCUT2D eigenvalue weighted by Gasteiger charge is -2.26. The smallest absolute Gasteiger partial charge is 0.116 e. The number of rotatable bonds is 3. The molecule has 22 heavy (non-hydrogen) atoms. The molecule has 4 rings (SSSR count). The Labute approximate surface area is 133 Å². The van der Waals surface area contributed by atoms with Crippen molar-refractivity contribution in [2.45, 2.75) is 31.7 Å². The molecule has 4 heterocycles. The summed E-state index contributed by atoms with van der Waals surface area (Å²) in [6, 6.07) is 2.42. The lowest BCUT2D eigenvalue weighted by molar-refractivity contribution is 0.0595. The van der Waals surface area contributed by atoms with Crippen LogP contribution in [0.15, 0.2) is 30.3 Å². The minimum atomic E-state index is 0.212. The number of imidazole rings is 1. The first kappa shape index (κ1) is 13.9. The summed E-state index contributed by atoms with van der Waals surface area (Å²) in [5.74, 6) is 1.28. The second-order valence-electron chi connectivity index (χ2n) is 5.86. The summed E-state index contributed by atoms with van der Waals surface area (Å²) in [6.45, 7) is 7.72. The molecule has 1 fully saturated rings. The average Bonchev–Trinajstić information content (AvgIpc) is 3.18. The van der Waals surface area contributed by atoms with E-state index >= 15 is 0 Å². The van der Waals surface area contributed by atoms with E-state index in [-0.39, 0.29) is 5.92 Å². The molecule has 4 nitrogen and oxygen atoms in total. The van der Waals surface area contributed by atoms with E-state index in [1.54, 1.807) is 11.3 Å². The summed E-state index contributed by atoms with van der Waals surface area (Å²) < 4.78 is 9.34. The summed E-state index contributed by atoms with van der Waals surface area (Å²) >= 11 is 1.74. The molecule has 1 unspecified atom stereocenters. The molecule has 0 saturated carbocycles. The van der Waals surface area contributed by atoms with Crippen LogP contribution >= 0.6 is 11.3 Å². The second kappa shape index (κ2) is 5.48. The molecular weight excluding hydrogens is 294 g/mol. The number of hydrogen-bond donors (Lipinski definition) is 0. The van der Waals surface area contributed by atoms with Gasteiger partial charge in [0.2, 0.25) is 0 Å². The van der Waals surface area contributed by atoms with Crippen molar-refractivity contribution in [3.8, 4) is 0 Å². The Morgan fingerprint density at radius 3 is 3.18 bits per heavy atom. The van der Waals surface area contributed by atoms with Crippen LogP contribution in [-0.4, -0.2) is 27.7 Å². The Bertz CT molecular complexity index is 829. The van der Waals surface area contributed by atoms with Crippen LogP contribution in [0.25, 0.3) is 21.3 Å². The number of thiophene rings is 1. The Morgan fingerprint density at radius 2 is 2.41 bits per heavy atom. The minimum Gasteiger partial charge on any atom is -0.379 e. The van der Waals surface area contributed by atoms with Gasteiger partial charge in [-0.05, 0) is 24.3 Å². The minimum absolute atomic E-state index is 0.212. The first-order valence-corrected chi connectivity index (χ1v) is 8.62. The largest absolute Gasteiger partial charge is 0.379 e. The van der Waals surface area contributed by atoms with Crippen LogP contribution in [0.5, 0.6) is 0 Å². The summed E-state index contributed by atoms with van der Waals surface area (Å²) in [4.78, 5) is 9.40. The molecular formula is C17H19N3OS. The first-order valence-electron chi connectivity index (χ1n) is 7.74. The standard InChI is InChI=1S/C17H19N3OS/c1-3-11(2)17-19-14-9-18-13-6-8-22-16(13)15(14)20(17)12-5-4-7-21-10-12/h3,6,8-9,11-12H,1,4-5,7,10H2,2H3/t11?,12-/m0/s1. The number of aromatic nitrogens is 3. The Kier molecular flexibility index (Phi) is 3.47. The molecule has 0 bridgehead atoms. The fraction of sp³-hybridized carbons (Fsp3) is 0.412. The van der Waals surface area contributed by atoms with Crippen molar-refractivity contribution < 1.29 is 4.74 Å². The molecule has 0 radical (unpaired) electrons. The van der Waals surface area contributed by atoms with Gasteiger partial charge in [-0.2, -0.15) is 0 Å². The molecule has 0 spiro atoms. The number of nitrogens with zero attached hydrogens (tertiary/aromatic N) is 3. The molecule has 1 saturated heterocycles. The predicted molar refractivity (Wildman–Crippen MR) is 90.6 cm³/mol. The van der Waals surface area contributed by atoms with Crippen molar-refractivity contribution in [1.82, 2.24) is 14.5 Å². The van der Waals surface area contributed by atoms with Gasteiger partial charge in [-0.15, -0.1) is 17.9 Å². The number of pyridine rings is 1. The summed E-state index contributed by atoms with van der Waals surface area (Å²) in [5, 5.41) is 2.10. The highest BCUT2D eigenvalue weighted by Crippen LogP contribution is 2.35. The molecule has 0 N–H and O–H groups in total. The van der Waals surface area contributed by atoms with E-state index < -0.39 is 0 Å². The molecule has 5 heteroatoms. The molecule has 3 aromatic heterocycles. The third kappa shape index (κ3) is 2.08. The van der Waals surface area contributed by atoms with Crippen molar-refractivity contribution in [3.63, 3.8) is 0 Å². The summed E-state index contributed by atoms with van der Waals surface area (Å²) in [7, 11) is 0. The highest BCUT2D eigenvalue weighted by atomic mass is 32.1. The SMILES string of the molecule is C=CC(C)c1nc2cnc3ccsc3c2n1[C@H]1CCCOC1. The molecule has 3 aromatic rings. The zero-order valence-corrected chi connectivity index (χ0v) is 13.5. The number of ether oxygens (including phenoxy) is 1. The predicted octanol–water partition coefficient (Wildman–Crippen LogP) is 4.29. The van der Waals surface area contributed by atoms with Gasteiger partial charge in [0.15, 0.2) is 0 Å². The third-order valence-electron chi connectivity index (χ3n) is 4.41. The maximum atomic E-state index is 5.73. The van der Waals surface area contributed by atoms with Gasteiger partial charge in [-0.3, -0.25) is 4.98 Å². The summed E-state index contributed by atoms with van der Waals surface area (Å²) in [6.07, 6.45) is 6.09. The van der Waals surface area contributed by atoms with Gasteiger partial charge < -0.3 is 9.30 Å². The van der Waals surface area contributed by atoms with Crippen LogP contribution in [0.3, 0.4) is 0 Å². The molecule has 2 atom stereocenters. The monoisotopic (exact) mass is 313 g/mol. The van der Waals surface area contributed by atoms with Crippen molar-refractivity contribution in [1.29, 1.82) is 0 Å². The van der Waals surface area contributed by atoms with Crippen LogP contribution in [-0.2, 0) is 4.74 Å². The number of hydrogen-bond acceptors (Lipinski definition) is 4. The zero-order chi connectivity index (χ0) is 15.1. The van der Waals surface area contributed by atoms with E-state index in [1.807, 2.05) is 12.3 Å². The second-order valence-corrected chi connectivity index (χ2v) is 6.78. The van der Waals surface area contributed by atoms with E-state index in [2.05, 4.69) is 34.5 Å². The van der Waals surface area contributed by atoms with E-state index in [1.165, 1.54) is 10.2 Å². The van der Waals surface area contributed by atoms with Gasteiger partial charge in [-0.1, -0.05) is 13.0 Å². The maximum Gasteiger partial charge on any atom is 0.116 e. The van der Waals surface area contributed by atoms with Gasteiger partial charge in [0.25, 0.3) is 0 Å². The lowest BCUT2D eigenvalue weighted by Crippen LogP contribution is -2.23. The average molecular weight is 313 g/mol. The van der Waals surface area contributed by atoms with Gasteiger partial charge in [0.05, 0.1) is 34.6 Å². The van der Waals surface area contributed by atoms with Crippen molar-refractivity contribution in [2.75, 3.05) is 13.2 Å². The molecule has 0 aliphatic carbocycles. The Morgan fingerprint density at radius 1 is 1.50 bits per heavy atom. The van der Waals surface area contributed by atoms with Crippen molar-refractivity contribution in [2.24, 2.45) is 0 Å². The Hall–Kier alpha value is -1.72. The quantitative estimate of drug-likeness (QED) is 0.677. The molecule has 114 valence electrons. The van der Waals surface area contributed by atoms with Crippen LogP contribution in [0.1, 0.15) is 37.5 Å². The van der Waals surface area contributed by atoms with E-state index in [9.17, 15) is 0 Å². The molecule has 1 aliphatic heterocycles. The fourth-order valence-corrected chi connectivity index (χ4v) is 4.11. The van der Waals surface area contributed by atoms with Crippen LogP contribution in [0, 0.1) is 0 Å². The van der Waals surface area contributed by atoms with Crippen LogP contribution in [0.4, 0.5) is 0 Å². The molecule has 0 aromatic carbocycles. The highest BCUT2D eigenvalue weighted by molar-refractivity contribution is 7.18. The number of allylic oxidation sites excluding steroid dienone is 1. The van der Waals surface area contributed by atoms with E-state index in [0.717, 1.165) is 42.9 Å². The molecule has 1 aliphatic rings.